The van der Waals surface area contributed by atoms with Crippen LogP contribution < -0.4 is 11.1 Å². The highest BCUT2D eigenvalue weighted by Gasteiger charge is 2.15. The van der Waals surface area contributed by atoms with Crippen molar-refractivity contribution in [2.75, 3.05) is 31.7 Å². The van der Waals surface area contributed by atoms with E-state index in [1.807, 2.05) is 6.92 Å². The van der Waals surface area contributed by atoms with E-state index < -0.39 is 0 Å². The van der Waals surface area contributed by atoms with E-state index in [0.717, 1.165) is 11.5 Å². The number of carbonyl (C=O) groups excluding carboxylic acids is 1. The molecule has 0 bridgehead atoms. The first-order chi connectivity index (χ1) is 6.56. The molecule has 0 atom stereocenters. The number of nitrogens with two attached hydrogens (primary N) is 1. The Bertz CT molecular complexity index is 333. The van der Waals surface area contributed by atoms with Crippen LogP contribution in [0, 0.1) is 0 Å². The standard InChI is InChI=1S/C9H15N3OS/c1-4-11-7-5-6(10)8(14-7)9(13)12(2)3/h5,11H,4,10H2,1-3H3. The molecule has 0 aliphatic rings. The molecule has 1 amide bonds. The topological polar surface area (TPSA) is 58.4 Å². The van der Waals surface area contributed by atoms with E-state index in [9.17, 15) is 4.79 Å². The molecule has 0 saturated carbocycles. The molecule has 78 valence electrons. The molecule has 0 aromatic carbocycles. The maximum atomic E-state index is 11.6. The van der Waals surface area contributed by atoms with Gasteiger partial charge in [-0.15, -0.1) is 11.3 Å². The summed E-state index contributed by atoms with van der Waals surface area (Å²) in [5.41, 5.74) is 6.28. The molecule has 0 spiro atoms. The molecule has 0 aliphatic heterocycles. The minimum absolute atomic E-state index is 0.0448. The second kappa shape index (κ2) is 4.32. The van der Waals surface area contributed by atoms with E-state index in [0.29, 0.717) is 10.6 Å². The first-order valence-corrected chi connectivity index (χ1v) is 5.22. The molecule has 0 radical (unpaired) electrons. The van der Waals surface area contributed by atoms with Crippen molar-refractivity contribution in [3.63, 3.8) is 0 Å². The molecular weight excluding hydrogens is 198 g/mol. The Morgan fingerprint density at radius 2 is 2.29 bits per heavy atom. The number of hydrogen-bond donors (Lipinski definition) is 2. The van der Waals surface area contributed by atoms with Crippen LogP contribution in [0.1, 0.15) is 16.6 Å². The van der Waals surface area contributed by atoms with Gasteiger partial charge in [0, 0.05) is 20.6 Å². The zero-order valence-corrected chi connectivity index (χ0v) is 9.44. The first kappa shape index (κ1) is 10.8. The molecule has 1 rings (SSSR count). The second-order valence-electron chi connectivity index (χ2n) is 3.13. The lowest BCUT2D eigenvalue weighted by Gasteiger charge is -2.08. The Hall–Kier alpha value is -1.23. The number of nitrogens with one attached hydrogen (secondary N) is 1. The maximum Gasteiger partial charge on any atom is 0.265 e. The van der Waals surface area contributed by atoms with E-state index in [2.05, 4.69) is 5.32 Å². The maximum absolute atomic E-state index is 11.6. The SMILES string of the molecule is CCNc1cc(N)c(C(=O)N(C)C)s1. The minimum Gasteiger partial charge on any atom is -0.397 e. The predicted octanol–water partition coefficient (Wildman–Crippen LogP) is 1.46. The van der Waals surface area contributed by atoms with Gasteiger partial charge in [0.1, 0.15) is 4.88 Å². The zero-order chi connectivity index (χ0) is 10.7. The highest BCUT2D eigenvalue weighted by molar-refractivity contribution is 7.18. The summed E-state index contributed by atoms with van der Waals surface area (Å²) in [4.78, 5) is 13.7. The van der Waals surface area contributed by atoms with Gasteiger partial charge >= 0.3 is 0 Å². The number of rotatable bonds is 3. The summed E-state index contributed by atoms with van der Waals surface area (Å²) >= 11 is 1.39. The number of nitrogens with zero attached hydrogens (tertiary/aromatic N) is 1. The molecule has 14 heavy (non-hydrogen) atoms. The Morgan fingerprint density at radius 1 is 1.64 bits per heavy atom. The normalized spacial score (nSPS) is 9.93. The van der Waals surface area contributed by atoms with Gasteiger partial charge in [-0.25, -0.2) is 0 Å². The Morgan fingerprint density at radius 3 is 2.79 bits per heavy atom. The van der Waals surface area contributed by atoms with Gasteiger partial charge in [-0.05, 0) is 13.0 Å². The average Bonchev–Trinajstić information content (AvgIpc) is 2.46. The molecule has 1 aromatic heterocycles. The first-order valence-electron chi connectivity index (χ1n) is 4.41. The lowest BCUT2D eigenvalue weighted by Crippen LogP contribution is -2.21. The van der Waals surface area contributed by atoms with Crippen LogP contribution in [0.3, 0.4) is 0 Å². The van der Waals surface area contributed by atoms with Crippen molar-refractivity contribution < 1.29 is 4.79 Å². The number of hydrogen-bond acceptors (Lipinski definition) is 4. The summed E-state index contributed by atoms with van der Waals surface area (Å²) in [5, 5.41) is 4.07. The highest BCUT2D eigenvalue weighted by Crippen LogP contribution is 2.29. The largest absolute Gasteiger partial charge is 0.397 e. The number of carbonyl (C=O) groups is 1. The van der Waals surface area contributed by atoms with Crippen molar-refractivity contribution in [3.05, 3.63) is 10.9 Å². The third-order valence-corrected chi connectivity index (χ3v) is 2.81. The number of amides is 1. The molecule has 0 saturated heterocycles. The smallest absolute Gasteiger partial charge is 0.265 e. The van der Waals surface area contributed by atoms with Gasteiger partial charge in [0.15, 0.2) is 0 Å². The lowest BCUT2D eigenvalue weighted by molar-refractivity contribution is 0.0833. The van der Waals surface area contributed by atoms with Gasteiger partial charge in [-0.3, -0.25) is 4.79 Å². The van der Waals surface area contributed by atoms with Crippen LogP contribution in [0.15, 0.2) is 6.07 Å². The summed E-state index contributed by atoms with van der Waals surface area (Å²) in [6.07, 6.45) is 0. The molecule has 0 fully saturated rings. The molecule has 5 heteroatoms. The molecular formula is C9H15N3OS. The van der Waals surface area contributed by atoms with Crippen molar-refractivity contribution >= 4 is 27.9 Å². The van der Waals surface area contributed by atoms with Gasteiger partial charge < -0.3 is 16.0 Å². The van der Waals surface area contributed by atoms with E-state index >= 15 is 0 Å². The zero-order valence-electron chi connectivity index (χ0n) is 8.63. The van der Waals surface area contributed by atoms with E-state index in [1.54, 1.807) is 20.2 Å². The van der Waals surface area contributed by atoms with Gasteiger partial charge in [-0.1, -0.05) is 0 Å². The van der Waals surface area contributed by atoms with Gasteiger partial charge in [0.2, 0.25) is 0 Å². The van der Waals surface area contributed by atoms with Crippen LogP contribution in [-0.4, -0.2) is 31.4 Å². The van der Waals surface area contributed by atoms with Crippen LogP contribution in [0.5, 0.6) is 0 Å². The van der Waals surface area contributed by atoms with Crippen LogP contribution in [0.2, 0.25) is 0 Å². The van der Waals surface area contributed by atoms with E-state index in [4.69, 9.17) is 5.73 Å². The van der Waals surface area contributed by atoms with Gasteiger partial charge in [-0.2, -0.15) is 0 Å². The second-order valence-corrected chi connectivity index (χ2v) is 4.18. The fourth-order valence-electron chi connectivity index (χ4n) is 1.04. The minimum atomic E-state index is -0.0448. The highest BCUT2D eigenvalue weighted by atomic mass is 32.1. The predicted molar refractivity (Wildman–Crippen MR) is 60.9 cm³/mol. The van der Waals surface area contributed by atoms with E-state index in [1.165, 1.54) is 16.2 Å². The van der Waals surface area contributed by atoms with Crippen molar-refractivity contribution in [1.29, 1.82) is 0 Å². The molecule has 4 nitrogen and oxygen atoms in total. The number of anilines is 2. The summed E-state index contributed by atoms with van der Waals surface area (Å²) in [6, 6.07) is 1.80. The fourth-order valence-corrected chi connectivity index (χ4v) is 2.11. The Balaban J connectivity index is 2.92. The Labute approximate surface area is 87.7 Å². The van der Waals surface area contributed by atoms with E-state index in [-0.39, 0.29) is 5.91 Å². The summed E-state index contributed by atoms with van der Waals surface area (Å²) in [5.74, 6) is -0.0448. The van der Waals surface area contributed by atoms with Crippen molar-refractivity contribution in [2.45, 2.75) is 6.92 Å². The van der Waals surface area contributed by atoms with Crippen LogP contribution in [0.25, 0.3) is 0 Å². The lowest BCUT2D eigenvalue weighted by atomic mass is 10.3. The van der Waals surface area contributed by atoms with Gasteiger partial charge in [0.25, 0.3) is 5.91 Å². The molecule has 1 aromatic rings. The quantitative estimate of drug-likeness (QED) is 0.799. The van der Waals surface area contributed by atoms with Crippen molar-refractivity contribution in [3.8, 4) is 0 Å². The fraction of sp³-hybridized carbons (Fsp3) is 0.444. The molecule has 0 unspecified atom stereocenters. The molecule has 1 heterocycles. The number of nitrogen functional groups attached to an aromatic ring is 1. The summed E-state index contributed by atoms with van der Waals surface area (Å²) in [6.45, 7) is 2.83. The summed E-state index contributed by atoms with van der Waals surface area (Å²) in [7, 11) is 3.43. The Kier molecular flexibility index (Phi) is 3.35. The van der Waals surface area contributed by atoms with Crippen molar-refractivity contribution in [1.82, 2.24) is 4.90 Å². The van der Waals surface area contributed by atoms with Crippen LogP contribution in [-0.2, 0) is 0 Å². The molecule has 0 aliphatic carbocycles. The van der Waals surface area contributed by atoms with Gasteiger partial charge in [0.05, 0.1) is 10.7 Å². The summed E-state index contributed by atoms with van der Waals surface area (Å²) < 4.78 is 0. The third-order valence-electron chi connectivity index (χ3n) is 1.71. The number of thiophene rings is 1. The molecule has 3 N–H and O–H groups in total. The van der Waals surface area contributed by atoms with Crippen LogP contribution >= 0.6 is 11.3 Å². The third kappa shape index (κ3) is 2.17. The average molecular weight is 213 g/mol. The van der Waals surface area contributed by atoms with Crippen LogP contribution in [0.4, 0.5) is 10.7 Å². The monoisotopic (exact) mass is 213 g/mol. The van der Waals surface area contributed by atoms with Crippen molar-refractivity contribution in [2.24, 2.45) is 0 Å².